The van der Waals surface area contributed by atoms with Gasteiger partial charge in [0.05, 0.1) is 7.11 Å². The predicted octanol–water partition coefficient (Wildman–Crippen LogP) is 2.76. The van der Waals surface area contributed by atoms with Crippen molar-refractivity contribution in [3.63, 3.8) is 0 Å². The molecule has 3 N–H and O–H groups in total. The Bertz CT molecular complexity index is 389. The molecule has 1 aliphatic rings. The predicted molar refractivity (Wildman–Crippen MR) is 71.4 cm³/mol. The van der Waals surface area contributed by atoms with E-state index < -0.39 is 0 Å². The zero-order chi connectivity index (χ0) is 13.0. The minimum atomic E-state index is -0.326. The molecule has 0 bridgehead atoms. The van der Waals surface area contributed by atoms with Crippen LogP contribution in [0.4, 0.5) is 10.1 Å². The first-order chi connectivity index (χ1) is 8.69. The highest BCUT2D eigenvalue weighted by Crippen LogP contribution is 2.25. The highest BCUT2D eigenvalue weighted by atomic mass is 19.1. The number of hydrogen-bond acceptors (Lipinski definition) is 3. The van der Waals surface area contributed by atoms with Crippen molar-refractivity contribution in [2.45, 2.75) is 31.7 Å². The van der Waals surface area contributed by atoms with Crippen molar-refractivity contribution in [3.8, 4) is 5.75 Å². The van der Waals surface area contributed by atoms with Gasteiger partial charge < -0.3 is 15.8 Å². The molecule has 1 fully saturated rings. The average molecular weight is 252 g/mol. The van der Waals surface area contributed by atoms with E-state index >= 15 is 0 Å². The van der Waals surface area contributed by atoms with Gasteiger partial charge in [-0.2, -0.15) is 0 Å². The van der Waals surface area contributed by atoms with Gasteiger partial charge in [0.2, 0.25) is 0 Å². The summed E-state index contributed by atoms with van der Waals surface area (Å²) in [5, 5.41) is 3.28. The van der Waals surface area contributed by atoms with E-state index in [1.165, 1.54) is 13.2 Å². The third kappa shape index (κ3) is 3.35. The number of benzene rings is 1. The van der Waals surface area contributed by atoms with Crippen LogP contribution in [0.25, 0.3) is 0 Å². The molecule has 0 heterocycles. The van der Waals surface area contributed by atoms with Crippen LogP contribution in [0.2, 0.25) is 0 Å². The molecule has 0 atom stereocenters. The normalized spacial score (nSPS) is 23.7. The van der Waals surface area contributed by atoms with Gasteiger partial charge in [-0.25, -0.2) is 4.39 Å². The van der Waals surface area contributed by atoms with E-state index in [0.717, 1.165) is 37.9 Å². The first-order valence-electron chi connectivity index (χ1n) is 6.52. The number of anilines is 1. The maximum Gasteiger partial charge on any atom is 0.167 e. The van der Waals surface area contributed by atoms with Crippen LogP contribution in [0.5, 0.6) is 5.75 Å². The van der Waals surface area contributed by atoms with E-state index in [4.69, 9.17) is 10.5 Å². The van der Waals surface area contributed by atoms with E-state index in [9.17, 15) is 4.39 Å². The van der Waals surface area contributed by atoms with Crippen LogP contribution in [0.15, 0.2) is 18.2 Å². The molecule has 0 aromatic heterocycles. The van der Waals surface area contributed by atoms with Crippen molar-refractivity contribution in [3.05, 3.63) is 24.0 Å². The summed E-state index contributed by atoms with van der Waals surface area (Å²) in [6, 6.07) is 5.35. The second-order valence-electron chi connectivity index (χ2n) is 5.01. The fourth-order valence-corrected chi connectivity index (χ4v) is 2.43. The van der Waals surface area contributed by atoms with E-state index in [0.29, 0.717) is 12.0 Å². The molecule has 0 spiro atoms. The maximum absolute atomic E-state index is 13.5. The third-order valence-corrected chi connectivity index (χ3v) is 3.64. The van der Waals surface area contributed by atoms with Gasteiger partial charge in [-0.1, -0.05) is 0 Å². The molecule has 18 heavy (non-hydrogen) atoms. The summed E-state index contributed by atoms with van der Waals surface area (Å²) in [5.74, 6) is 0.604. The Labute approximate surface area is 108 Å². The molecule has 0 aliphatic heterocycles. The number of methoxy groups -OCH3 is 1. The summed E-state index contributed by atoms with van der Waals surface area (Å²) in [4.78, 5) is 0. The van der Waals surface area contributed by atoms with Crippen molar-refractivity contribution in [1.82, 2.24) is 0 Å². The molecule has 4 heteroatoms. The lowest BCUT2D eigenvalue weighted by Gasteiger charge is -2.26. The van der Waals surface area contributed by atoms with Crippen LogP contribution in [0.3, 0.4) is 0 Å². The summed E-state index contributed by atoms with van der Waals surface area (Å²) in [5.41, 5.74) is 6.68. The fourth-order valence-electron chi connectivity index (χ4n) is 2.43. The second kappa shape index (κ2) is 6.05. The van der Waals surface area contributed by atoms with Crippen molar-refractivity contribution >= 4 is 5.69 Å². The molecule has 0 amide bonds. The van der Waals surface area contributed by atoms with Crippen molar-refractivity contribution in [2.75, 3.05) is 19.0 Å². The molecule has 0 radical (unpaired) electrons. The van der Waals surface area contributed by atoms with Gasteiger partial charge in [-0.3, -0.25) is 0 Å². The SMILES string of the molecule is COc1ccc(NC[C@H]2CC[C@H](N)CC2)cc1F. The Balaban J connectivity index is 1.84. The quantitative estimate of drug-likeness (QED) is 0.866. The van der Waals surface area contributed by atoms with Gasteiger partial charge >= 0.3 is 0 Å². The van der Waals surface area contributed by atoms with E-state index in [-0.39, 0.29) is 11.6 Å². The van der Waals surface area contributed by atoms with Gasteiger partial charge in [0.15, 0.2) is 11.6 Å². The number of rotatable bonds is 4. The number of hydrogen-bond donors (Lipinski definition) is 2. The first-order valence-corrected chi connectivity index (χ1v) is 6.52. The number of nitrogens with one attached hydrogen (secondary N) is 1. The monoisotopic (exact) mass is 252 g/mol. The molecule has 0 unspecified atom stereocenters. The zero-order valence-corrected chi connectivity index (χ0v) is 10.8. The molecule has 0 saturated heterocycles. The molecule has 1 aromatic carbocycles. The van der Waals surface area contributed by atoms with Crippen molar-refractivity contribution in [2.24, 2.45) is 11.7 Å². The lowest BCUT2D eigenvalue weighted by molar-refractivity contribution is 0.338. The van der Waals surface area contributed by atoms with Crippen LogP contribution in [0.1, 0.15) is 25.7 Å². The fraction of sp³-hybridized carbons (Fsp3) is 0.571. The van der Waals surface area contributed by atoms with E-state index in [1.54, 1.807) is 6.07 Å². The Morgan fingerprint density at radius 3 is 2.67 bits per heavy atom. The summed E-state index contributed by atoms with van der Waals surface area (Å²) in [6.45, 7) is 0.887. The first kappa shape index (κ1) is 13.1. The minimum absolute atomic E-state index is 0.282. The average Bonchev–Trinajstić information content (AvgIpc) is 2.38. The summed E-state index contributed by atoms with van der Waals surface area (Å²) >= 11 is 0. The number of ether oxygens (including phenoxy) is 1. The van der Waals surface area contributed by atoms with E-state index in [2.05, 4.69) is 5.32 Å². The smallest absolute Gasteiger partial charge is 0.167 e. The topological polar surface area (TPSA) is 47.3 Å². The number of halogens is 1. The second-order valence-corrected chi connectivity index (χ2v) is 5.01. The third-order valence-electron chi connectivity index (χ3n) is 3.64. The molecular formula is C14H21FN2O. The summed E-state index contributed by atoms with van der Waals surface area (Å²) < 4.78 is 18.4. The maximum atomic E-state index is 13.5. The Kier molecular flexibility index (Phi) is 4.42. The Hall–Kier alpha value is -1.29. The lowest BCUT2D eigenvalue weighted by atomic mass is 9.86. The molecule has 100 valence electrons. The molecule has 1 aromatic rings. The molecule has 2 rings (SSSR count). The highest BCUT2D eigenvalue weighted by Gasteiger charge is 2.18. The van der Waals surface area contributed by atoms with Gasteiger partial charge in [-0.15, -0.1) is 0 Å². The zero-order valence-electron chi connectivity index (χ0n) is 10.8. The minimum Gasteiger partial charge on any atom is -0.494 e. The Morgan fingerprint density at radius 2 is 2.06 bits per heavy atom. The Morgan fingerprint density at radius 1 is 1.33 bits per heavy atom. The largest absolute Gasteiger partial charge is 0.494 e. The van der Waals surface area contributed by atoms with Gasteiger partial charge in [0.1, 0.15) is 0 Å². The van der Waals surface area contributed by atoms with Crippen molar-refractivity contribution < 1.29 is 9.13 Å². The van der Waals surface area contributed by atoms with E-state index in [1.807, 2.05) is 6.07 Å². The van der Waals surface area contributed by atoms with Crippen LogP contribution in [-0.4, -0.2) is 19.7 Å². The number of nitrogens with two attached hydrogens (primary N) is 1. The highest BCUT2D eigenvalue weighted by molar-refractivity contribution is 5.47. The van der Waals surface area contributed by atoms with Crippen molar-refractivity contribution in [1.29, 1.82) is 0 Å². The van der Waals surface area contributed by atoms with Crippen LogP contribution >= 0.6 is 0 Å². The van der Waals surface area contributed by atoms with Gasteiger partial charge in [-0.05, 0) is 43.7 Å². The molecule has 3 nitrogen and oxygen atoms in total. The van der Waals surface area contributed by atoms with Crippen LogP contribution < -0.4 is 15.8 Å². The summed E-state index contributed by atoms with van der Waals surface area (Å²) in [6.07, 6.45) is 4.52. The molecule has 1 saturated carbocycles. The van der Waals surface area contributed by atoms with Crippen LogP contribution in [-0.2, 0) is 0 Å². The van der Waals surface area contributed by atoms with Gasteiger partial charge in [0.25, 0.3) is 0 Å². The lowest BCUT2D eigenvalue weighted by Crippen LogP contribution is -2.29. The van der Waals surface area contributed by atoms with Gasteiger partial charge in [0, 0.05) is 24.3 Å². The molecule has 1 aliphatic carbocycles. The summed E-state index contributed by atoms with van der Waals surface area (Å²) in [7, 11) is 1.47. The molecular weight excluding hydrogens is 231 g/mol. The van der Waals surface area contributed by atoms with Crippen LogP contribution in [0, 0.1) is 11.7 Å². The standard InChI is InChI=1S/C14H21FN2O/c1-18-14-7-6-12(8-13(14)15)17-9-10-2-4-11(16)5-3-10/h6-8,10-11,17H,2-5,9,16H2,1H3/t10-,11-.